The molecule has 7 heteroatoms. The molecule has 0 radical (unpaired) electrons. The maximum absolute atomic E-state index is 12.7. The van der Waals surface area contributed by atoms with Gasteiger partial charge in [0.25, 0.3) is 5.56 Å². The summed E-state index contributed by atoms with van der Waals surface area (Å²) >= 11 is 5.88. The van der Waals surface area contributed by atoms with Crippen LogP contribution in [-0.4, -0.2) is 22.0 Å². The fraction of sp³-hybridized carbons (Fsp3) is 0.105. The van der Waals surface area contributed by atoms with Gasteiger partial charge in [-0.1, -0.05) is 23.7 Å². The van der Waals surface area contributed by atoms with Crippen LogP contribution in [0.1, 0.15) is 27.2 Å². The molecule has 1 heterocycles. The Bertz CT molecular complexity index is 1060. The minimum atomic E-state index is -1.27. The highest BCUT2D eigenvalue weighted by atomic mass is 35.5. The Morgan fingerprint density at radius 1 is 1.19 bits per heavy atom. The van der Waals surface area contributed by atoms with Crippen LogP contribution in [0.5, 0.6) is 0 Å². The van der Waals surface area contributed by atoms with E-state index in [1.165, 1.54) is 23.0 Å². The zero-order valence-electron chi connectivity index (χ0n) is 14.1. The number of hydrogen-bond donors (Lipinski definition) is 1. The summed E-state index contributed by atoms with van der Waals surface area (Å²) in [6.45, 7) is 3.57. The second-order valence-corrected chi connectivity index (χ2v) is 6.25. The third-order valence-corrected chi connectivity index (χ3v) is 4.23. The molecule has 132 valence electrons. The third kappa shape index (κ3) is 3.45. The van der Waals surface area contributed by atoms with Gasteiger partial charge in [-0.25, -0.2) is 4.68 Å². The van der Waals surface area contributed by atoms with Crippen LogP contribution in [0.2, 0.25) is 5.02 Å². The molecule has 0 atom stereocenters. The van der Waals surface area contributed by atoms with Crippen LogP contribution in [0.15, 0.2) is 52.3 Å². The van der Waals surface area contributed by atoms with E-state index < -0.39 is 5.97 Å². The van der Waals surface area contributed by atoms with E-state index in [4.69, 9.17) is 11.6 Å². The molecule has 1 aromatic heterocycles. The van der Waals surface area contributed by atoms with Gasteiger partial charge in [-0.15, -0.1) is 0 Å². The van der Waals surface area contributed by atoms with Gasteiger partial charge in [0, 0.05) is 16.9 Å². The van der Waals surface area contributed by atoms with E-state index in [0.29, 0.717) is 27.7 Å². The van der Waals surface area contributed by atoms with Crippen LogP contribution < -0.4 is 10.7 Å². The van der Waals surface area contributed by atoms with Crippen molar-refractivity contribution >= 4 is 29.5 Å². The van der Waals surface area contributed by atoms with Gasteiger partial charge in [0.2, 0.25) is 0 Å². The summed E-state index contributed by atoms with van der Waals surface area (Å²) in [7, 11) is 0. The summed E-state index contributed by atoms with van der Waals surface area (Å²) in [4.78, 5) is 28.0. The molecule has 0 spiro atoms. The van der Waals surface area contributed by atoms with Crippen molar-refractivity contribution in [2.24, 2.45) is 4.99 Å². The number of aliphatic imine (C=N–C) groups is 1. The standard InChI is InChI=1S/C19H16ClN3O3/c1-11-3-4-13(19(25)26)9-17(11)21-10-16-12(2)22-23(18(16)24)15-7-5-14(20)6-8-15/h3-10,22H,1-2H3,(H,25,26)/p-1. The number of nitrogens with zero attached hydrogens (tertiary/aromatic N) is 2. The predicted octanol–water partition coefficient (Wildman–Crippen LogP) is 2.55. The monoisotopic (exact) mass is 368 g/mol. The normalized spacial score (nSPS) is 11.2. The molecule has 0 aliphatic rings. The number of carboxylic acids is 1. The Morgan fingerprint density at radius 3 is 2.54 bits per heavy atom. The molecule has 0 amide bonds. The van der Waals surface area contributed by atoms with Crippen LogP contribution in [0.25, 0.3) is 5.69 Å². The molecule has 1 N–H and O–H groups in total. The summed E-state index contributed by atoms with van der Waals surface area (Å²) in [5, 5.41) is 14.6. The highest BCUT2D eigenvalue weighted by Gasteiger charge is 2.11. The minimum Gasteiger partial charge on any atom is -0.545 e. The van der Waals surface area contributed by atoms with Gasteiger partial charge >= 0.3 is 0 Å². The molecule has 0 aliphatic heterocycles. The number of H-pyrrole nitrogens is 1. The number of hydrogen-bond acceptors (Lipinski definition) is 4. The van der Waals surface area contributed by atoms with E-state index in [-0.39, 0.29) is 11.1 Å². The lowest BCUT2D eigenvalue weighted by molar-refractivity contribution is -0.255. The lowest BCUT2D eigenvalue weighted by Crippen LogP contribution is -2.22. The molecular formula is C19H15ClN3O3-. The summed E-state index contributed by atoms with van der Waals surface area (Å²) in [6, 6.07) is 11.4. The van der Waals surface area contributed by atoms with Gasteiger partial charge in [-0.05, 0) is 55.3 Å². The molecule has 3 rings (SSSR count). The van der Waals surface area contributed by atoms with E-state index in [1.807, 2.05) is 6.92 Å². The summed E-state index contributed by atoms with van der Waals surface area (Å²) in [5.74, 6) is -1.27. The van der Waals surface area contributed by atoms with Crippen molar-refractivity contribution in [2.75, 3.05) is 0 Å². The number of aromatic carboxylic acids is 1. The van der Waals surface area contributed by atoms with Crippen LogP contribution in [0.3, 0.4) is 0 Å². The highest BCUT2D eigenvalue weighted by Crippen LogP contribution is 2.20. The van der Waals surface area contributed by atoms with E-state index in [9.17, 15) is 14.7 Å². The van der Waals surface area contributed by atoms with Gasteiger partial charge in [0.05, 0.1) is 22.9 Å². The second kappa shape index (κ2) is 7.01. The molecule has 0 fully saturated rings. The third-order valence-electron chi connectivity index (χ3n) is 3.98. The molecule has 0 saturated carbocycles. The summed E-state index contributed by atoms with van der Waals surface area (Å²) in [6.07, 6.45) is 1.43. The molecular weight excluding hydrogens is 354 g/mol. The molecule has 6 nitrogen and oxygen atoms in total. The molecule has 2 aromatic carbocycles. The minimum absolute atomic E-state index is 0.0344. The van der Waals surface area contributed by atoms with Gasteiger partial charge in [-0.3, -0.25) is 14.9 Å². The van der Waals surface area contributed by atoms with Crippen molar-refractivity contribution in [3.8, 4) is 5.69 Å². The van der Waals surface area contributed by atoms with Crippen molar-refractivity contribution in [2.45, 2.75) is 13.8 Å². The zero-order valence-corrected chi connectivity index (χ0v) is 14.9. The number of aryl methyl sites for hydroxylation is 2. The average Bonchev–Trinajstić information content (AvgIpc) is 2.89. The van der Waals surface area contributed by atoms with E-state index in [0.717, 1.165) is 5.56 Å². The number of halogens is 1. The Hall–Kier alpha value is -3.12. The fourth-order valence-electron chi connectivity index (χ4n) is 2.49. The first kappa shape index (κ1) is 17.7. The fourth-order valence-corrected chi connectivity index (χ4v) is 2.62. The van der Waals surface area contributed by atoms with Crippen LogP contribution in [0, 0.1) is 13.8 Å². The number of aromatic nitrogens is 2. The molecule has 26 heavy (non-hydrogen) atoms. The first-order valence-corrected chi connectivity index (χ1v) is 8.18. The molecule has 0 bridgehead atoms. The molecule has 3 aromatic rings. The van der Waals surface area contributed by atoms with Crippen molar-refractivity contribution in [1.82, 2.24) is 9.78 Å². The largest absolute Gasteiger partial charge is 0.545 e. The lowest BCUT2D eigenvalue weighted by atomic mass is 10.1. The van der Waals surface area contributed by atoms with E-state index in [2.05, 4.69) is 10.1 Å². The van der Waals surface area contributed by atoms with Crippen molar-refractivity contribution in [3.63, 3.8) is 0 Å². The first-order chi connectivity index (χ1) is 12.4. The number of benzene rings is 2. The Balaban J connectivity index is 2.00. The zero-order chi connectivity index (χ0) is 18.8. The number of nitrogens with one attached hydrogen (secondary N) is 1. The van der Waals surface area contributed by atoms with Gasteiger partial charge in [0.1, 0.15) is 0 Å². The van der Waals surface area contributed by atoms with Crippen molar-refractivity contribution in [3.05, 3.63) is 80.2 Å². The average molecular weight is 369 g/mol. The van der Waals surface area contributed by atoms with Crippen LogP contribution in [-0.2, 0) is 0 Å². The van der Waals surface area contributed by atoms with E-state index >= 15 is 0 Å². The maximum Gasteiger partial charge on any atom is 0.280 e. The number of carbonyl (C=O) groups is 1. The Morgan fingerprint density at radius 2 is 1.88 bits per heavy atom. The number of carbonyl (C=O) groups excluding carboxylic acids is 1. The van der Waals surface area contributed by atoms with Crippen LogP contribution in [0.4, 0.5) is 5.69 Å². The van der Waals surface area contributed by atoms with Crippen molar-refractivity contribution in [1.29, 1.82) is 0 Å². The Labute approximate surface area is 154 Å². The molecule has 0 unspecified atom stereocenters. The second-order valence-electron chi connectivity index (χ2n) is 5.81. The lowest BCUT2D eigenvalue weighted by Gasteiger charge is -2.05. The van der Waals surface area contributed by atoms with Crippen molar-refractivity contribution < 1.29 is 9.90 Å². The topological polar surface area (TPSA) is 90.3 Å². The highest BCUT2D eigenvalue weighted by molar-refractivity contribution is 6.30. The van der Waals surface area contributed by atoms with Gasteiger partial charge < -0.3 is 9.90 Å². The number of carboxylic acid groups (broad SMARTS) is 1. The smallest absolute Gasteiger partial charge is 0.280 e. The van der Waals surface area contributed by atoms with E-state index in [1.54, 1.807) is 37.3 Å². The summed E-state index contributed by atoms with van der Waals surface area (Å²) in [5.41, 5.74) is 2.70. The van der Waals surface area contributed by atoms with Gasteiger partial charge in [-0.2, -0.15) is 0 Å². The maximum atomic E-state index is 12.7. The summed E-state index contributed by atoms with van der Waals surface area (Å²) < 4.78 is 1.40. The SMILES string of the molecule is Cc1ccc(C(=O)[O-])cc1N=Cc1c(C)[nH]n(-c2ccc(Cl)cc2)c1=O. The number of aromatic amines is 1. The first-order valence-electron chi connectivity index (χ1n) is 7.80. The molecule has 0 saturated heterocycles. The number of rotatable bonds is 4. The quantitative estimate of drug-likeness (QED) is 0.717. The van der Waals surface area contributed by atoms with Gasteiger partial charge in [0.15, 0.2) is 0 Å². The molecule has 0 aliphatic carbocycles. The predicted molar refractivity (Wildman–Crippen MR) is 98.9 cm³/mol. The van der Waals surface area contributed by atoms with Crippen LogP contribution >= 0.6 is 11.6 Å². The Kier molecular flexibility index (Phi) is 4.77.